The van der Waals surface area contributed by atoms with E-state index in [1.54, 1.807) is 6.08 Å². The van der Waals surface area contributed by atoms with Crippen molar-refractivity contribution in [3.8, 4) is 0 Å². The smallest absolute Gasteiger partial charge is 0.326 e. The van der Waals surface area contributed by atoms with E-state index in [9.17, 15) is 14.7 Å². The van der Waals surface area contributed by atoms with Gasteiger partial charge in [0.2, 0.25) is 5.91 Å². The molecule has 1 amide bonds. The van der Waals surface area contributed by atoms with Gasteiger partial charge in [-0.25, -0.2) is 4.79 Å². The Kier molecular flexibility index (Phi) is 7.39. The van der Waals surface area contributed by atoms with E-state index >= 15 is 0 Å². The Hall–Kier alpha value is -3.66. The number of rotatable bonds is 10. The van der Waals surface area contributed by atoms with Crippen LogP contribution in [0.3, 0.4) is 0 Å². The number of allylic oxidation sites excluding steroid dienone is 1. The van der Waals surface area contributed by atoms with E-state index in [0.29, 0.717) is 12.8 Å². The van der Waals surface area contributed by atoms with E-state index in [2.05, 4.69) is 11.9 Å². The highest BCUT2D eigenvalue weighted by atomic mass is 16.4. The summed E-state index contributed by atoms with van der Waals surface area (Å²) in [5.41, 5.74) is 2.16. The van der Waals surface area contributed by atoms with Crippen LogP contribution in [0, 0.1) is 0 Å². The van der Waals surface area contributed by atoms with Gasteiger partial charge >= 0.3 is 5.97 Å². The number of carboxylic acid groups (broad SMARTS) is 1. The Morgan fingerprint density at radius 1 is 0.839 bits per heavy atom. The van der Waals surface area contributed by atoms with Crippen LogP contribution in [-0.2, 0) is 15.0 Å². The molecule has 0 saturated carbocycles. The number of carbonyl (C=O) groups is 2. The highest BCUT2D eigenvalue weighted by Crippen LogP contribution is 2.42. The molecule has 1 atom stereocenters. The van der Waals surface area contributed by atoms with E-state index in [1.165, 1.54) is 0 Å². The van der Waals surface area contributed by atoms with Gasteiger partial charge in [-0.1, -0.05) is 97.1 Å². The fraction of sp³-hybridized carbons (Fsp3) is 0.185. The number of amides is 1. The number of carboxylic acids is 1. The third kappa shape index (κ3) is 5.10. The summed E-state index contributed by atoms with van der Waals surface area (Å²) in [5.74, 6) is -1.35. The molecule has 4 heteroatoms. The molecule has 2 N–H and O–H groups in total. The lowest BCUT2D eigenvalue weighted by atomic mass is 9.67. The summed E-state index contributed by atoms with van der Waals surface area (Å²) >= 11 is 0. The Morgan fingerprint density at radius 2 is 1.26 bits per heavy atom. The second-order valence-corrected chi connectivity index (χ2v) is 7.50. The van der Waals surface area contributed by atoms with E-state index in [1.807, 2.05) is 91.0 Å². The second kappa shape index (κ2) is 10.4. The van der Waals surface area contributed by atoms with Gasteiger partial charge in [0.05, 0.1) is 5.41 Å². The molecule has 4 nitrogen and oxygen atoms in total. The minimum Gasteiger partial charge on any atom is -0.480 e. The number of benzene rings is 3. The van der Waals surface area contributed by atoms with Crippen LogP contribution in [0.5, 0.6) is 0 Å². The molecule has 0 spiro atoms. The van der Waals surface area contributed by atoms with Crippen molar-refractivity contribution in [3.05, 3.63) is 120 Å². The maximum Gasteiger partial charge on any atom is 0.326 e. The van der Waals surface area contributed by atoms with Crippen molar-refractivity contribution >= 4 is 11.9 Å². The van der Waals surface area contributed by atoms with Crippen molar-refractivity contribution in [2.45, 2.75) is 30.7 Å². The highest BCUT2D eigenvalue weighted by molar-refractivity contribution is 5.85. The summed E-state index contributed by atoms with van der Waals surface area (Å²) < 4.78 is 0. The van der Waals surface area contributed by atoms with Crippen LogP contribution in [0.4, 0.5) is 0 Å². The van der Waals surface area contributed by atoms with E-state index < -0.39 is 17.4 Å². The molecule has 3 aromatic carbocycles. The van der Waals surface area contributed by atoms with Crippen LogP contribution >= 0.6 is 0 Å². The molecule has 0 aliphatic carbocycles. The fourth-order valence-corrected chi connectivity index (χ4v) is 4.00. The summed E-state index contributed by atoms with van der Waals surface area (Å²) in [7, 11) is 0. The zero-order valence-corrected chi connectivity index (χ0v) is 17.4. The fourth-order valence-electron chi connectivity index (χ4n) is 4.00. The van der Waals surface area contributed by atoms with Crippen molar-refractivity contribution < 1.29 is 14.7 Å². The Bertz CT molecular complexity index is 904. The molecule has 0 bridgehead atoms. The van der Waals surface area contributed by atoms with Crippen molar-refractivity contribution in [2.24, 2.45) is 0 Å². The summed E-state index contributed by atoms with van der Waals surface area (Å²) in [6.45, 7) is 3.64. The molecule has 0 unspecified atom stereocenters. The molecule has 0 aromatic heterocycles. The van der Waals surface area contributed by atoms with Crippen LogP contribution in [0.2, 0.25) is 0 Å². The van der Waals surface area contributed by atoms with E-state index in [4.69, 9.17) is 0 Å². The van der Waals surface area contributed by atoms with Gasteiger partial charge in [-0.3, -0.25) is 4.79 Å². The standard InChI is InChI=1S/C27H27NO3/c1-2-3-19-24(26(30)31)28-25(29)20-27(21-13-7-4-8-14-21,22-15-9-5-10-16-22)23-17-11-6-12-18-23/h2,4-18,24H,1,3,19-20H2,(H,28,29)(H,30,31)/t24-/m0/s1. The van der Waals surface area contributed by atoms with E-state index in [-0.39, 0.29) is 12.3 Å². The summed E-state index contributed by atoms with van der Waals surface area (Å²) in [4.78, 5) is 24.9. The normalized spacial score (nSPS) is 12.0. The first-order valence-electron chi connectivity index (χ1n) is 10.4. The number of nitrogens with one attached hydrogen (secondary N) is 1. The molecule has 0 aliphatic heterocycles. The van der Waals surface area contributed by atoms with Crippen LogP contribution in [0.1, 0.15) is 36.0 Å². The van der Waals surface area contributed by atoms with Gasteiger partial charge < -0.3 is 10.4 Å². The van der Waals surface area contributed by atoms with Gasteiger partial charge in [-0.05, 0) is 29.5 Å². The summed E-state index contributed by atoms with van der Waals surface area (Å²) in [5, 5.41) is 12.3. The molecule has 3 aromatic rings. The average Bonchev–Trinajstić information content (AvgIpc) is 2.81. The molecule has 158 valence electrons. The molecule has 0 saturated heterocycles. The van der Waals surface area contributed by atoms with Gasteiger partial charge in [0, 0.05) is 6.42 Å². The maximum absolute atomic E-state index is 13.3. The topological polar surface area (TPSA) is 66.4 Å². The Balaban J connectivity index is 2.09. The molecular weight excluding hydrogens is 386 g/mol. The van der Waals surface area contributed by atoms with Crippen molar-refractivity contribution in [2.75, 3.05) is 0 Å². The van der Waals surface area contributed by atoms with Gasteiger partial charge in [-0.15, -0.1) is 6.58 Å². The van der Waals surface area contributed by atoms with Gasteiger partial charge in [-0.2, -0.15) is 0 Å². The zero-order valence-electron chi connectivity index (χ0n) is 17.4. The van der Waals surface area contributed by atoms with Gasteiger partial charge in [0.25, 0.3) is 0 Å². The first-order chi connectivity index (χ1) is 15.1. The van der Waals surface area contributed by atoms with E-state index in [0.717, 1.165) is 16.7 Å². The minimum atomic E-state index is -1.04. The zero-order chi connectivity index (χ0) is 22.1. The molecule has 0 fully saturated rings. The third-order valence-electron chi connectivity index (χ3n) is 5.52. The molecule has 0 heterocycles. The number of hydrogen-bond donors (Lipinski definition) is 2. The third-order valence-corrected chi connectivity index (χ3v) is 5.52. The molecule has 3 rings (SSSR count). The number of aliphatic carboxylic acids is 1. The first kappa shape index (κ1) is 22.0. The quantitative estimate of drug-likeness (QED) is 0.365. The highest BCUT2D eigenvalue weighted by Gasteiger charge is 2.39. The van der Waals surface area contributed by atoms with Crippen molar-refractivity contribution in [1.29, 1.82) is 0 Å². The average molecular weight is 414 g/mol. The second-order valence-electron chi connectivity index (χ2n) is 7.50. The SMILES string of the molecule is C=CCC[C@H](NC(=O)CC(c1ccccc1)(c1ccccc1)c1ccccc1)C(=O)O. The predicted octanol–water partition coefficient (Wildman–Crippen LogP) is 4.95. The van der Waals surface area contributed by atoms with Crippen LogP contribution in [-0.4, -0.2) is 23.0 Å². The van der Waals surface area contributed by atoms with Crippen molar-refractivity contribution in [3.63, 3.8) is 0 Å². The van der Waals surface area contributed by atoms with Gasteiger partial charge in [0.15, 0.2) is 0 Å². The van der Waals surface area contributed by atoms with Crippen LogP contribution in [0.15, 0.2) is 104 Å². The minimum absolute atomic E-state index is 0.0862. The molecule has 0 radical (unpaired) electrons. The van der Waals surface area contributed by atoms with Crippen LogP contribution in [0.25, 0.3) is 0 Å². The monoisotopic (exact) mass is 413 g/mol. The Labute approximate surface area is 183 Å². The summed E-state index contributed by atoms with van der Waals surface area (Å²) in [6.07, 6.45) is 2.56. The van der Waals surface area contributed by atoms with Crippen LogP contribution < -0.4 is 5.32 Å². The number of hydrogen-bond acceptors (Lipinski definition) is 2. The van der Waals surface area contributed by atoms with Gasteiger partial charge in [0.1, 0.15) is 6.04 Å². The predicted molar refractivity (Wildman–Crippen MR) is 123 cm³/mol. The first-order valence-corrected chi connectivity index (χ1v) is 10.4. The maximum atomic E-state index is 13.3. The lowest BCUT2D eigenvalue weighted by Gasteiger charge is -2.36. The number of carbonyl (C=O) groups excluding carboxylic acids is 1. The Morgan fingerprint density at radius 3 is 1.61 bits per heavy atom. The molecule has 31 heavy (non-hydrogen) atoms. The molecular formula is C27H27NO3. The lowest BCUT2D eigenvalue weighted by Crippen LogP contribution is -2.44. The molecule has 0 aliphatic rings. The van der Waals surface area contributed by atoms with Crippen molar-refractivity contribution in [1.82, 2.24) is 5.32 Å². The largest absolute Gasteiger partial charge is 0.480 e. The lowest BCUT2D eigenvalue weighted by molar-refractivity contribution is -0.142. The summed E-state index contributed by atoms with van der Waals surface area (Å²) in [6, 6.07) is 28.7.